The average Bonchev–Trinajstić information content (AvgIpc) is 2.25. The fourth-order valence-corrected chi connectivity index (χ4v) is 1.52. The summed E-state index contributed by atoms with van der Waals surface area (Å²) in [5.41, 5.74) is 7.55. The van der Waals surface area contributed by atoms with Gasteiger partial charge in [0.25, 0.3) is 5.91 Å². The number of hydrogen-bond donors (Lipinski definition) is 3. The number of nitrogen functional groups attached to an aromatic ring is 1. The molecule has 0 aliphatic heterocycles. The van der Waals surface area contributed by atoms with Crippen LogP contribution in [0.25, 0.3) is 0 Å². The highest BCUT2D eigenvalue weighted by Gasteiger charge is 2.15. The summed E-state index contributed by atoms with van der Waals surface area (Å²) in [6.45, 7) is 5.88. The quantitative estimate of drug-likeness (QED) is 0.690. The normalized spacial score (nSPS) is 12.5. The molecular weight excluding hydrogens is 216 g/mol. The molecule has 0 fully saturated rings. The zero-order chi connectivity index (χ0) is 13.0. The van der Waals surface area contributed by atoms with Crippen LogP contribution in [0.3, 0.4) is 0 Å². The lowest BCUT2D eigenvalue weighted by atomic mass is 10.0. The molecule has 1 aromatic rings. The van der Waals surface area contributed by atoms with Gasteiger partial charge in [-0.15, -0.1) is 0 Å². The number of rotatable bonds is 4. The lowest BCUT2D eigenvalue weighted by Gasteiger charge is -2.16. The average molecular weight is 236 g/mol. The molecular formula is C13H20N2O2. The van der Waals surface area contributed by atoms with Gasteiger partial charge in [-0.25, -0.2) is 0 Å². The first-order valence-corrected chi connectivity index (χ1v) is 5.74. The summed E-state index contributed by atoms with van der Waals surface area (Å²) in [5.74, 6) is -0.121. The number of nitrogens with two attached hydrogens (primary N) is 1. The molecule has 1 rings (SSSR count). The first kappa shape index (κ1) is 13.5. The minimum absolute atomic E-state index is 0.115. The molecule has 0 spiro atoms. The van der Waals surface area contributed by atoms with Crippen LogP contribution < -0.4 is 11.1 Å². The molecule has 94 valence electrons. The molecule has 0 aromatic heterocycles. The summed E-state index contributed by atoms with van der Waals surface area (Å²) < 4.78 is 0. The number of aryl methyl sites for hydroxylation is 1. The summed E-state index contributed by atoms with van der Waals surface area (Å²) in [6.07, 6.45) is -0.538. The minimum Gasteiger partial charge on any atom is -0.398 e. The van der Waals surface area contributed by atoms with Crippen molar-refractivity contribution in [2.24, 2.45) is 5.92 Å². The van der Waals surface area contributed by atoms with E-state index in [1.807, 2.05) is 32.9 Å². The molecule has 1 atom stereocenters. The van der Waals surface area contributed by atoms with Gasteiger partial charge in [0.05, 0.1) is 11.7 Å². The third kappa shape index (κ3) is 3.46. The van der Waals surface area contributed by atoms with E-state index < -0.39 is 6.10 Å². The zero-order valence-corrected chi connectivity index (χ0v) is 10.5. The second-order valence-corrected chi connectivity index (χ2v) is 4.56. The van der Waals surface area contributed by atoms with E-state index >= 15 is 0 Å². The minimum atomic E-state index is -0.538. The summed E-state index contributed by atoms with van der Waals surface area (Å²) in [5, 5.41) is 12.3. The molecule has 1 unspecified atom stereocenters. The summed E-state index contributed by atoms with van der Waals surface area (Å²) in [4.78, 5) is 11.9. The fourth-order valence-electron chi connectivity index (χ4n) is 1.52. The van der Waals surface area contributed by atoms with Crippen LogP contribution in [-0.2, 0) is 0 Å². The number of amides is 1. The molecule has 0 aliphatic rings. The van der Waals surface area contributed by atoms with Gasteiger partial charge in [-0.1, -0.05) is 26.0 Å². The highest BCUT2D eigenvalue weighted by Crippen LogP contribution is 2.15. The molecule has 1 aromatic carbocycles. The van der Waals surface area contributed by atoms with Gasteiger partial charge >= 0.3 is 0 Å². The van der Waals surface area contributed by atoms with Gasteiger partial charge in [0.1, 0.15) is 0 Å². The Bertz CT molecular complexity index is 382. The van der Waals surface area contributed by atoms with Crippen LogP contribution in [0.4, 0.5) is 5.69 Å². The van der Waals surface area contributed by atoms with E-state index in [0.29, 0.717) is 11.3 Å². The number of hydrogen-bond acceptors (Lipinski definition) is 3. The molecule has 4 N–H and O–H groups in total. The van der Waals surface area contributed by atoms with Crippen molar-refractivity contribution in [2.75, 3.05) is 12.3 Å². The number of aliphatic hydroxyl groups is 1. The van der Waals surface area contributed by atoms with E-state index in [4.69, 9.17) is 5.73 Å². The molecule has 0 saturated carbocycles. The van der Waals surface area contributed by atoms with Crippen LogP contribution in [-0.4, -0.2) is 23.7 Å². The highest BCUT2D eigenvalue weighted by molar-refractivity contribution is 6.00. The molecule has 0 heterocycles. The van der Waals surface area contributed by atoms with Crippen molar-refractivity contribution in [1.82, 2.24) is 5.32 Å². The van der Waals surface area contributed by atoms with E-state index in [9.17, 15) is 9.90 Å². The van der Waals surface area contributed by atoms with Gasteiger partial charge in [-0.2, -0.15) is 0 Å². The van der Waals surface area contributed by atoms with E-state index in [0.717, 1.165) is 5.56 Å². The number of nitrogens with one attached hydrogen (secondary N) is 1. The van der Waals surface area contributed by atoms with E-state index in [1.165, 1.54) is 0 Å². The number of anilines is 1. The molecule has 0 radical (unpaired) electrons. The Balaban J connectivity index is 2.71. The molecule has 1 amide bonds. The lowest BCUT2D eigenvalue weighted by Crippen LogP contribution is -2.35. The molecule has 0 aliphatic carbocycles. The first-order valence-electron chi connectivity index (χ1n) is 5.74. The van der Waals surface area contributed by atoms with Gasteiger partial charge in [-0.3, -0.25) is 4.79 Å². The second kappa shape index (κ2) is 5.68. The Hall–Kier alpha value is -1.55. The predicted molar refractivity (Wildman–Crippen MR) is 68.8 cm³/mol. The summed E-state index contributed by atoms with van der Waals surface area (Å²) >= 11 is 0. The standard InChI is InChI=1S/C13H20N2O2/c1-8(2)11(16)7-15-13(17)12-9(3)5-4-6-10(12)14/h4-6,8,11,16H,7,14H2,1-3H3,(H,15,17). The van der Waals surface area contributed by atoms with Crippen LogP contribution >= 0.6 is 0 Å². The maximum atomic E-state index is 11.9. The van der Waals surface area contributed by atoms with Crippen LogP contribution in [0, 0.1) is 12.8 Å². The van der Waals surface area contributed by atoms with Crippen molar-refractivity contribution in [3.63, 3.8) is 0 Å². The maximum Gasteiger partial charge on any atom is 0.253 e. The van der Waals surface area contributed by atoms with Crippen molar-refractivity contribution >= 4 is 11.6 Å². The Labute approximate surface area is 102 Å². The van der Waals surface area contributed by atoms with Crippen molar-refractivity contribution in [1.29, 1.82) is 0 Å². The maximum absolute atomic E-state index is 11.9. The van der Waals surface area contributed by atoms with Gasteiger partial charge in [0, 0.05) is 12.2 Å². The van der Waals surface area contributed by atoms with Crippen LogP contribution in [0.5, 0.6) is 0 Å². The lowest BCUT2D eigenvalue weighted by molar-refractivity contribution is 0.0872. The Morgan fingerprint density at radius 3 is 2.65 bits per heavy atom. The number of carbonyl (C=O) groups excluding carboxylic acids is 1. The van der Waals surface area contributed by atoms with Crippen molar-refractivity contribution in [3.8, 4) is 0 Å². The summed E-state index contributed by atoms with van der Waals surface area (Å²) in [7, 11) is 0. The van der Waals surface area contributed by atoms with Crippen LogP contribution in [0.2, 0.25) is 0 Å². The van der Waals surface area contributed by atoms with Gasteiger partial charge in [0.15, 0.2) is 0 Å². The Morgan fingerprint density at radius 1 is 1.47 bits per heavy atom. The monoisotopic (exact) mass is 236 g/mol. The number of carbonyl (C=O) groups is 1. The highest BCUT2D eigenvalue weighted by atomic mass is 16.3. The third-order valence-corrected chi connectivity index (χ3v) is 2.77. The molecule has 17 heavy (non-hydrogen) atoms. The second-order valence-electron chi connectivity index (χ2n) is 4.56. The first-order chi connectivity index (χ1) is 7.93. The topological polar surface area (TPSA) is 75.4 Å². The van der Waals surface area contributed by atoms with Gasteiger partial charge in [0.2, 0.25) is 0 Å². The molecule has 4 heteroatoms. The van der Waals surface area contributed by atoms with Crippen molar-refractivity contribution < 1.29 is 9.90 Å². The SMILES string of the molecule is Cc1cccc(N)c1C(=O)NCC(O)C(C)C. The zero-order valence-electron chi connectivity index (χ0n) is 10.5. The molecule has 4 nitrogen and oxygen atoms in total. The van der Waals surface area contributed by atoms with Crippen LogP contribution in [0.15, 0.2) is 18.2 Å². The predicted octanol–water partition coefficient (Wildman–Crippen LogP) is 1.32. The van der Waals surface area contributed by atoms with Crippen LogP contribution in [0.1, 0.15) is 29.8 Å². The van der Waals surface area contributed by atoms with E-state index in [-0.39, 0.29) is 18.4 Å². The Kier molecular flexibility index (Phi) is 4.52. The largest absolute Gasteiger partial charge is 0.398 e. The number of benzene rings is 1. The fraction of sp³-hybridized carbons (Fsp3) is 0.462. The van der Waals surface area contributed by atoms with E-state index in [1.54, 1.807) is 6.07 Å². The smallest absolute Gasteiger partial charge is 0.253 e. The van der Waals surface area contributed by atoms with Gasteiger partial charge in [-0.05, 0) is 24.5 Å². The van der Waals surface area contributed by atoms with Crippen molar-refractivity contribution in [3.05, 3.63) is 29.3 Å². The van der Waals surface area contributed by atoms with Crippen molar-refractivity contribution in [2.45, 2.75) is 26.9 Å². The van der Waals surface area contributed by atoms with Gasteiger partial charge < -0.3 is 16.2 Å². The Morgan fingerprint density at radius 2 is 2.12 bits per heavy atom. The van der Waals surface area contributed by atoms with E-state index in [2.05, 4.69) is 5.32 Å². The third-order valence-electron chi connectivity index (χ3n) is 2.77. The molecule has 0 saturated heterocycles. The summed E-state index contributed by atoms with van der Waals surface area (Å²) in [6, 6.07) is 5.34. The molecule has 0 bridgehead atoms. The number of aliphatic hydroxyl groups excluding tert-OH is 1.